The Morgan fingerprint density at radius 3 is 2.27 bits per heavy atom. The van der Waals surface area contributed by atoms with E-state index in [9.17, 15) is 18.0 Å². The number of nitrogens with one attached hydrogen (secondary N) is 1. The molecule has 4 rings (SSSR count). The van der Waals surface area contributed by atoms with Crippen molar-refractivity contribution in [2.24, 2.45) is 0 Å². The molecule has 2 amide bonds. The lowest BCUT2D eigenvalue weighted by Crippen LogP contribution is -2.50. The van der Waals surface area contributed by atoms with Crippen LogP contribution in [0.3, 0.4) is 0 Å². The van der Waals surface area contributed by atoms with E-state index in [0.717, 1.165) is 21.9 Å². The molecular formula is C30H34ClN3O5S. The lowest BCUT2D eigenvalue weighted by atomic mass is 10.1. The quantitative estimate of drug-likeness (QED) is 0.406. The summed E-state index contributed by atoms with van der Waals surface area (Å²) in [6, 6.07) is 18.5. The molecule has 0 bridgehead atoms. The summed E-state index contributed by atoms with van der Waals surface area (Å²) in [5.41, 5.74) is 1.68. The van der Waals surface area contributed by atoms with Crippen LogP contribution in [0.15, 0.2) is 66.7 Å². The molecule has 0 atom stereocenters. The first kappa shape index (κ1) is 29.6. The number of piperazine rings is 1. The van der Waals surface area contributed by atoms with Crippen molar-refractivity contribution in [2.75, 3.05) is 31.9 Å². The number of amides is 2. The summed E-state index contributed by atoms with van der Waals surface area (Å²) in [5, 5.41) is 5.42. The number of carbonyl (C=O) groups is 2. The molecule has 8 nitrogen and oxygen atoms in total. The van der Waals surface area contributed by atoms with Gasteiger partial charge in [0.1, 0.15) is 5.60 Å². The van der Waals surface area contributed by atoms with Crippen LogP contribution in [0, 0.1) is 0 Å². The van der Waals surface area contributed by atoms with Gasteiger partial charge in [-0.1, -0.05) is 54.1 Å². The zero-order chi connectivity index (χ0) is 28.9. The highest BCUT2D eigenvalue weighted by molar-refractivity contribution is 7.89. The summed E-state index contributed by atoms with van der Waals surface area (Å²) >= 11 is 6.04. The van der Waals surface area contributed by atoms with Gasteiger partial charge in [-0.3, -0.25) is 4.79 Å². The average Bonchev–Trinajstić information content (AvgIpc) is 2.91. The van der Waals surface area contributed by atoms with Crippen LogP contribution in [0.4, 0.5) is 4.79 Å². The molecular weight excluding hydrogens is 550 g/mol. The third-order valence-corrected chi connectivity index (χ3v) is 8.40. The highest BCUT2D eigenvalue weighted by Crippen LogP contribution is 2.21. The molecule has 0 spiro atoms. The van der Waals surface area contributed by atoms with Gasteiger partial charge in [0, 0.05) is 43.3 Å². The van der Waals surface area contributed by atoms with Crippen molar-refractivity contribution in [3.05, 3.63) is 88.5 Å². The molecule has 3 aromatic rings. The monoisotopic (exact) mass is 583 g/mol. The lowest BCUT2D eigenvalue weighted by Gasteiger charge is -2.34. The zero-order valence-corrected chi connectivity index (χ0v) is 24.5. The third-order valence-electron chi connectivity index (χ3n) is 6.40. The summed E-state index contributed by atoms with van der Waals surface area (Å²) in [7, 11) is -3.50. The minimum Gasteiger partial charge on any atom is -0.444 e. The van der Waals surface area contributed by atoms with Crippen LogP contribution < -0.4 is 5.32 Å². The maximum absolute atomic E-state index is 13.0. The second-order valence-corrected chi connectivity index (χ2v) is 13.1. The van der Waals surface area contributed by atoms with Gasteiger partial charge < -0.3 is 15.0 Å². The number of hydrogen-bond donors (Lipinski definition) is 1. The number of sulfonamides is 1. The number of benzene rings is 3. The summed E-state index contributed by atoms with van der Waals surface area (Å²) in [6.45, 7) is 6.79. The Morgan fingerprint density at radius 1 is 0.950 bits per heavy atom. The normalized spacial score (nSPS) is 14.9. The van der Waals surface area contributed by atoms with E-state index < -0.39 is 21.7 Å². The number of nitrogens with zero attached hydrogens (tertiary/aromatic N) is 2. The number of carbonyl (C=O) groups excluding carboxylic acids is 2. The van der Waals surface area contributed by atoms with Crippen LogP contribution in [-0.2, 0) is 21.3 Å². The van der Waals surface area contributed by atoms with Gasteiger partial charge in [0.2, 0.25) is 10.0 Å². The van der Waals surface area contributed by atoms with Crippen LogP contribution in [0.1, 0.15) is 42.3 Å². The molecule has 0 aromatic heterocycles. The zero-order valence-electron chi connectivity index (χ0n) is 22.9. The molecule has 1 saturated heterocycles. The number of hydrogen-bond acceptors (Lipinski definition) is 5. The SMILES string of the molecule is CC(C)(C)OC(=O)NCc1ccc(C(=O)N2CCN(S(=O)(=O)CC=Cc3ccc4cc(Cl)ccc4c3)CC2)cc1. The van der Waals surface area contributed by atoms with E-state index in [2.05, 4.69) is 5.32 Å². The molecule has 3 aromatic carbocycles. The predicted molar refractivity (Wildman–Crippen MR) is 159 cm³/mol. The maximum atomic E-state index is 13.0. The average molecular weight is 584 g/mol. The molecule has 10 heteroatoms. The first-order chi connectivity index (χ1) is 18.9. The minimum atomic E-state index is -3.50. The fourth-order valence-corrected chi connectivity index (χ4v) is 5.81. The van der Waals surface area contributed by atoms with Gasteiger partial charge in [-0.2, -0.15) is 4.31 Å². The summed E-state index contributed by atoms with van der Waals surface area (Å²) < 4.78 is 32.5. The van der Waals surface area contributed by atoms with E-state index in [1.165, 1.54) is 4.31 Å². The smallest absolute Gasteiger partial charge is 0.407 e. The Labute approximate surface area is 240 Å². The minimum absolute atomic E-state index is 0.113. The Bertz CT molecular complexity index is 1510. The van der Waals surface area contributed by atoms with E-state index in [4.69, 9.17) is 16.3 Å². The number of alkyl carbamates (subject to hydrolysis) is 1. The predicted octanol–water partition coefficient (Wildman–Crippen LogP) is 5.32. The molecule has 1 aliphatic heterocycles. The summed E-state index contributed by atoms with van der Waals surface area (Å²) in [6.07, 6.45) is 2.96. The second kappa shape index (κ2) is 12.4. The molecule has 0 unspecified atom stereocenters. The molecule has 0 saturated carbocycles. The van der Waals surface area contributed by atoms with Gasteiger partial charge in [-0.05, 0) is 73.0 Å². The van der Waals surface area contributed by atoms with E-state index in [-0.39, 0.29) is 31.3 Å². The van der Waals surface area contributed by atoms with Gasteiger partial charge in [-0.15, -0.1) is 0 Å². The van der Waals surface area contributed by atoms with Crippen molar-refractivity contribution in [3.63, 3.8) is 0 Å². The molecule has 0 radical (unpaired) electrons. The van der Waals surface area contributed by atoms with Crippen LogP contribution >= 0.6 is 11.6 Å². The van der Waals surface area contributed by atoms with Crippen LogP contribution in [-0.4, -0.2) is 67.2 Å². The van der Waals surface area contributed by atoms with Crippen molar-refractivity contribution in [3.8, 4) is 0 Å². The summed E-state index contributed by atoms with van der Waals surface area (Å²) in [5.74, 6) is -0.264. The maximum Gasteiger partial charge on any atom is 0.407 e. The first-order valence-corrected chi connectivity index (χ1v) is 15.1. The highest BCUT2D eigenvalue weighted by atomic mass is 35.5. The van der Waals surface area contributed by atoms with Crippen molar-refractivity contribution in [1.29, 1.82) is 0 Å². The fraction of sp³-hybridized carbons (Fsp3) is 0.333. The van der Waals surface area contributed by atoms with Gasteiger partial charge in [0.05, 0.1) is 5.75 Å². The Balaban J connectivity index is 1.26. The molecule has 1 N–H and O–H groups in total. The Hall–Kier alpha value is -3.40. The molecule has 1 heterocycles. The van der Waals surface area contributed by atoms with Crippen molar-refractivity contribution >= 4 is 50.5 Å². The largest absolute Gasteiger partial charge is 0.444 e. The van der Waals surface area contributed by atoms with Gasteiger partial charge >= 0.3 is 6.09 Å². The standard InChI is InChI=1S/C30H34ClN3O5S/c1-30(2,3)39-29(36)32-21-23-7-9-24(10-8-23)28(35)33-14-16-34(17-15-33)40(37,38)18-4-5-22-6-11-26-20-27(31)13-12-25(26)19-22/h4-13,19-20H,14-18,21H2,1-3H3,(H,32,36). The Kier molecular flexibility index (Phi) is 9.18. The van der Waals surface area contributed by atoms with E-state index in [1.54, 1.807) is 62.1 Å². The topological polar surface area (TPSA) is 96.0 Å². The van der Waals surface area contributed by atoms with Gasteiger partial charge in [-0.25, -0.2) is 13.2 Å². The fourth-order valence-electron chi connectivity index (χ4n) is 4.36. The number of halogens is 1. The molecule has 40 heavy (non-hydrogen) atoms. The van der Waals surface area contributed by atoms with Crippen molar-refractivity contribution < 1.29 is 22.7 Å². The van der Waals surface area contributed by atoms with E-state index >= 15 is 0 Å². The van der Waals surface area contributed by atoms with Crippen molar-refractivity contribution in [2.45, 2.75) is 32.9 Å². The number of fused-ring (bicyclic) bond motifs is 1. The Morgan fingerprint density at radius 2 is 1.60 bits per heavy atom. The van der Waals surface area contributed by atoms with Crippen LogP contribution in [0.5, 0.6) is 0 Å². The van der Waals surface area contributed by atoms with Crippen molar-refractivity contribution in [1.82, 2.24) is 14.5 Å². The summed E-state index contributed by atoms with van der Waals surface area (Å²) in [4.78, 5) is 26.5. The molecule has 1 fully saturated rings. The van der Waals surface area contributed by atoms with Gasteiger partial charge in [0.15, 0.2) is 0 Å². The van der Waals surface area contributed by atoms with Gasteiger partial charge in [0.25, 0.3) is 5.91 Å². The lowest BCUT2D eigenvalue weighted by molar-refractivity contribution is 0.0523. The van der Waals surface area contributed by atoms with E-state index in [0.29, 0.717) is 23.7 Å². The number of ether oxygens (including phenoxy) is 1. The van der Waals surface area contributed by atoms with E-state index in [1.807, 2.05) is 36.4 Å². The third kappa shape index (κ3) is 8.06. The first-order valence-electron chi connectivity index (χ1n) is 13.1. The molecule has 0 aliphatic carbocycles. The number of rotatable bonds is 7. The molecule has 212 valence electrons. The second-order valence-electron chi connectivity index (χ2n) is 10.7. The van der Waals surface area contributed by atoms with Crippen LogP contribution in [0.2, 0.25) is 5.02 Å². The molecule has 1 aliphatic rings. The van der Waals surface area contributed by atoms with Crippen LogP contribution in [0.25, 0.3) is 16.8 Å². The highest BCUT2D eigenvalue weighted by Gasteiger charge is 2.28.